The molecule has 0 radical (unpaired) electrons. The van der Waals surface area contributed by atoms with Gasteiger partial charge in [-0.05, 0) is 23.2 Å². The topological polar surface area (TPSA) is 67.9 Å². The van der Waals surface area contributed by atoms with Crippen LogP contribution < -0.4 is 0 Å². The number of carbonyl (C=O) groups excluding carboxylic acids is 1. The molecule has 102 valence electrons. The van der Waals surface area contributed by atoms with Gasteiger partial charge in [0.2, 0.25) is 0 Å². The summed E-state index contributed by atoms with van der Waals surface area (Å²) in [5.41, 5.74) is 2.19. The van der Waals surface area contributed by atoms with Crippen LogP contribution in [0.15, 0.2) is 35.4 Å². The third-order valence-electron chi connectivity index (χ3n) is 3.12. The maximum atomic E-state index is 12.3. The Morgan fingerprint density at radius 1 is 1.45 bits per heavy atom. The Balaban J connectivity index is 1.87. The van der Waals surface area contributed by atoms with Crippen molar-refractivity contribution in [3.05, 3.63) is 46.5 Å². The molecule has 0 aromatic carbocycles. The second-order valence-electron chi connectivity index (χ2n) is 4.38. The quantitative estimate of drug-likeness (QED) is 0.747. The second kappa shape index (κ2) is 5.42. The summed E-state index contributed by atoms with van der Waals surface area (Å²) in [6, 6.07) is 1.97. The molecule has 3 heterocycles. The minimum Gasteiger partial charge on any atom is -0.454 e. The molecule has 1 N–H and O–H groups in total. The predicted molar refractivity (Wildman–Crippen MR) is 76.7 cm³/mol. The largest absolute Gasteiger partial charge is 0.454 e. The van der Waals surface area contributed by atoms with Crippen LogP contribution in [0.2, 0.25) is 0 Å². The molecule has 20 heavy (non-hydrogen) atoms. The molecule has 1 unspecified atom stereocenters. The lowest BCUT2D eigenvalue weighted by Gasteiger charge is -2.15. The van der Waals surface area contributed by atoms with Gasteiger partial charge < -0.3 is 4.74 Å². The Kier molecular flexibility index (Phi) is 3.47. The molecule has 0 saturated heterocycles. The van der Waals surface area contributed by atoms with Crippen molar-refractivity contribution in [3.63, 3.8) is 0 Å². The monoisotopic (exact) mass is 287 g/mol. The molecule has 0 bridgehead atoms. The number of H-pyrrole nitrogens is 1. The first kappa shape index (κ1) is 12.8. The summed E-state index contributed by atoms with van der Waals surface area (Å²) in [6.45, 7) is 1.99. The van der Waals surface area contributed by atoms with E-state index >= 15 is 0 Å². The number of rotatable bonds is 4. The van der Waals surface area contributed by atoms with E-state index in [1.165, 1.54) is 6.20 Å². The summed E-state index contributed by atoms with van der Waals surface area (Å²) < 4.78 is 5.59. The standard InChI is InChI=1S/C14H13N3O2S/c1-2-13(9-3-4-20-8-9)19-14(18)11-5-15-7-12-10(11)6-16-17-12/h3-8,13H,2H2,1H3,(H,16,17). The number of pyridine rings is 1. The van der Waals surface area contributed by atoms with Crippen LogP contribution >= 0.6 is 11.3 Å². The van der Waals surface area contributed by atoms with E-state index in [0.29, 0.717) is 5.56 Å². The van der Waals surface area contributed by atoms with Gasteiger partial charge in [0.15, 0.2) is 0 Å². The van der Waals surface area contributed by atoms with E-state index in [2.05, 4.69) is 15.2 Å². The van der Waals surface area contributed by atoms with E-state index in [1.807, 2.05) is 23.8 Å². The van der Waals surface area contributed by atoms with Crippen molar-refractivity contribution in [3.8, 4) is 0 Å². The minimum absolute atomic E-state index is 0.226. The number of hydrogen-bond acceptors (Lipinski definition) is 5. The van der Waals surface area contributed by atoms with Crippen molar-refractivity contribution in [2.24, 2.45) is 0 Å². The molecule has 0 fully saturated rings. The summed E-state index contributed by atoms with van der Waals surface area (Å²) >= 11 is 1.59. The molecule has 3 rings (SSSR count). The maximum absolute atomic E-state index is 12.3. The zero-order valence-electron chi connectivity index (χ0n) is 10.9. The predicted octanol–water partition coefficient (Wildman–Crippen LogP) is 3.33. The number of esters is 1. The smallest absolute Gasteiger partial charge is 0.341 e. The molecule has 0 aliphatic carbocycles. The first-order valence-corrected chi connectivity index (χ1v) is 7.24. The zero-order valence-corrected chi connectivity index (χ0v) is 11.7. The number of carbonyl (C=O) groups is 1. The number of nitrogens with zero attached hydrogens (tertiary/aromatic N) is 2. The van der Waals surface area contributed by atoms with Gasteiger partial charge in [-0.1, -0.05) is 6.92 Å². The van der Waals surface area contributed by atoms with E-state index in [0.717, 1.165) is 22.9 Å². The lowest BCUT2D eigenvalue weighted by atomic mass is 10.1. The van der Waals surface area contributed by atoms with Crippen LogP contribution in [0.3, 0.4) is 0 Å². The summed E-state index contributed by atoms with van der Waals surface area (Å²) in [6.07, 6.45) is 5.27. The van der Waals surface area contributed by atoms with Crippen molar-refractivity contribution in [2.45, 2.75) is 19.4 Å². The lowest BCUT2D eigenvalue weighted by molar-refractivity contribution is 0.0290. The van der Waals surface area contributed by atoms with Gasteiger partial charge in [-0.25, -0.2) is 4.79 Å². The van der Waals surface area contributed by atoms with Crippen molar-refractivity contribution in [1.29, 1.82) is 0 Å². The fourth-order valence-electron chi connectivity index (χ4n) is 2.07. The van der Waals surface area contributed by atoms with Crippen LogP contribution in [0.4, 0.5) is 0 Å². The number of nitrogens with one attached hydrogen (secondary N) is 1. The highest BCUT2D eigenvalue weighted by Gasteiger charge is 2.19. The zero-order chi connectivity index (χ0) is 13.9. The molecule has 5 nitrogen and oxygen atoms in total. The second-order valence-corrected chi connectivity index (χ2v) is 5.16. The Morgan fingerprint density at radius 3 is 3.10 bits per heavy atom. The fourth-order valence-corrected chi connectivity index (χ4v) is 2.77. The molecule has 0 amide bonds. The Morgan fingerprint density at radius 2 is 2.35 bits per heavy atom. The average Bonchev–Trinajstić information content (AvgIpc) is 3.14. The van der Waals surface area contributed by atoms with Gasteiger partial charge in [-0.15, -0.1) is 0 Å². The number of hydrogen-bond donors (Lipinski definition) is 1. The molecule has 1 atom stereocenters. The van der Waals surface area contributed by atoms with Crippen molar-refractivity contribution in [1.82, 2.24) is 15.2 Å². The molecule has 6 heteroatoms. The molecule has 0 saturated carbocycles. The highest BCUT2D eigenvalue weighted by molar-refractivity contribution is 7.07. The van der Waals surface area contributed by atoms with Gasteiger partial charge in [0.05, 0.1) is 23.5 Å². The van der Waals surface area contributed by atoms with Crippen LogP contribution in [0.25, 0.3) is 10.9 Å². The highest BCUT2D eigenvalue weighted by Crippen LogP contribution is 2.25. The Hall–Kier alpha value is -2.21. The molecular formula is C14H13N3O2S. The van der Waals surface area contributed by atoms with Crippen molar-refractivity contribution < 1.29 is 9.53 Å². The van der Waals surface area contributed by atoms with Crippen LogP contribution in [-0.2, 0) is 4.74 Å². The third kappa shape index (κ3) is 2.30. The van der Waals surface area contributed by atoms with Crippen LogP contribution in [0.1, 0.15) is 35.4 Å². The Labute approximate surface area is 119 Å². The first-order valence-electron chi connectivity index (χ1n) is 6.29. The van der Waals surface area contributed by atoms with Gasteiger partial charge >= 0.3 is 5.97 Å². The number of thiophene rings is 1. The van der Waals surface area contributed by atoms with Gasteiger partial charge in [-0.3, -0.25) is 10.1 Å². The minimum atomic E-state index is -0.373. The summed E-state index contributed by atoms with van der Waals surface area (Å²) in [5, 5.41) is 11.4. The molecule has 3 aromatic heterocycles. The lowest BCUT2D eigenvalue weighted by Crippen LogP contribution is -2.11. The fraction of sp³-hybridized carbons (Fsp3) is 0.214. The molecule has 0 aliphatic rings. The van der Waals surface area contributed by atoms with Gasteiger partial charge in [-0.2, -0.15) is 16.4 Å². The number of aromatic nitrogens is 3. The van der Waals surface area contributed by atoms with E-state index in [9.17, 15) is 4.79 Å². The number of ether oxygens (including phenoxy) is 1. The van der Waals surface area contributed by atoms with E-state index < -0.39 is 0 Å². The van der Waals surface area contributed by atoms with Crippen molar-refractivity contribution in [2.75, 3.05) is 0 Å². The van der Waals surface area contributed by atoms with Gasteiger partial charge in [0.1, 0.15) is 6.10 Å². The van der Waals surface area contributed by atoms with Crippen LogP contribution in [-0.4, -0.2) is 21.2 Å². The van der Waals surface area contributed by atoms with E-state index in [-0.39, 0.29) is 12.1 Å². The van der Waals surface area contributed by atoms with Crippen LogP contribution in [0.5, 0.6) is 0 Å². The summed E-state index contributed by atoms with van der Waals surface area (Å²) in [4.78, 5) is 16.4. The first-order chi connectivity index (χ1) is 9.79. The number of fused-ring (bicyclic) bond motifs is 1. The van der Waals surface area contributed by atoms with E-state index in [1.54, 1.807) is 23.7 Å². The molecular weight excluding hydrogens is 274 g/mol. The molecule has 0 aliphatic heterocycles. The molecule has 0 spiro atoms. The van der Waals surface area contributed by atoms with E-state index in [4.69, 9.17) is 4.74 Å². The molecule has 3 aromatic rings. The number of aromatic amines is 1. The highest BCUT2D eigenvalue weighted by atomic mass is 32.1. The SMILES string of the molecule is CCC(OC(=O)c1cncc2[nH]ncc12)c1ccsc1. The summed E-state index contributed by atoms with van der Waals surface area (Å²) in [7, 11) is 0. The summed E-state index contributed by atoms with van der Waals surface area (Å²) in [5.74, 6) is -0.373. The Bertz CT molecular complexity index is 721. The third-order valence-corrected chi connectivity index (χ3v) is 3.82. The average molecular weight is 287 g/mol. The normalized spacial score (nSPS) is 12.4. The van der Waals surface area contributed by atoms with Gasteiger partial charge in [0, 0.05) is 17.1 Å². The van der Waals surface area contributed by atoms with Gasteiger partial charge in [0.25, 0.3) is 0 Å². The maximum Gasteiger partial charge on any atom is 0.341 e. The van der Waals surface area contributed by atoms with Crippen molar-refractivity contribution >= 4 is 28.2 Å². The van der Waals surface area contributed by atoms with Crippen LogP contribution in [0, 0.1) is 0 Å².